The van der Waals surface area contributed by atoms with Crippen LogP contribution < -0.4 is 9.47 Å². The molecule has 0 bridgehead atoms. The first kappa shape index (κ1) is 19.7. The molecular formula is C21H24N2O5. The first-order valence-corrected chi connectivity index (χ1v) is 9.35. The van der Waals surface area contributed by atoms with Gasteiger partial charge in [0.05, 0.1) is 18.1 Å². The molecule has 0 spiro atoms. The summed E-state index contributed by atoms with van der Waals surface area (Å²) in [4.78, 5) is 25.8. The number of carbonyl (C=O) groups is 1. The van der Waals surface area contributed by atoms with Gasteiger partial charge in [-0.25, -0.2) is 0 Å². The van der Waals surface area contributed by atoms with Gasteiger partial charge in [-0.2, -0.15) is 0 Å². The van der Waals surface area contributed by atoms with Crippen LogP contribution in [0.2, 0.25) is 0 Å². The van der Waals surface area contributed by atoms with Crippen molar-refractivity contribution < 1.29 is 19.2 Å². The van der Waals surface area contributed by atoms with Gasteiger partial charge in [0.2, 0.25) is 0 Å². The molecular weight excluding hydrogens is 360 g/mol. The van der Waals surface area contributed by atoms with Gasteiger partial charge in [0.25, 0.3) is 11.6 Å². The van der Waals surface area contributed by atoms with Crippen molar-refractivity contribution in [2.45, 2.75) is 38.8 Å². The second kappa shape index (κ2) is 8.73. The maximum Gasteiger partial charge on any atom is 0.286 e. The third-order valence-corrected chi connectivity index (χ3v) is 5.01. The molecule has 1 aliphatic heterocycles. The van der Waals surface area contributed by atoms with Gasteiger partial charge in [-0.1, -0.05) is 30.3 Å². The lowest BCUT2D eigenvalue weighted by Crippen LogP contribution is -2.42. The van der Waals surface area contributed by atoms with Crippen LogP contribution in [-0.2, 0) is 6.61 Å². The Morgan fingerprint density at radius 1 is 1.21 bits per heavy atom. The maximum atomic E-state index is 13.0. The van der Waals surface area contributed by atoms with Crippen molar-refractivity contribution in [2.24, 2.45) is 0 Å². The number of nitro groups is 1. The van der Waals surface area contributed by atoms with E-state index in [2.05, 4.69) is 0 Å². The summed E-state index contributed by atoms with van der Waals surface area (Å²) in [7, 11) is 1.45. The van der Waals surface area contributed by atoms with Crippen molar-refractivity contribution in [2.75, 3.05) is 13.7 Å². The summed E-state index contributed by atoms with van der Waals surface area (Å²) < 4.78 is 11.1. The molecule has 28 heavy (non-hydrogen) atoms. The van der Waals surface area contributed by atoms with E-state index >= 15 is 0 Å². The first-order valence-electron chi connectivity index (χ1n) is 9.35. The molecule has 2 aromatic rings. The van der Waals surface area contributed by atoms with Crippen LogP contribution in [0.4, 0.5) is 5.69 Å². The number of benzene rings is 2. The Labute approximate surface area is 164 Å². The number of piperidine rings is 1. The van der Waals surface area contributed by atoms with E-state index in [-0.39, 0.29) is 35.6 Å². The maximum absolute atomic E-state index is 13.0. The van der Waals surface area contributed by atoms with Crippen LogP contribution in [-0.4, -0.2) is 35.4 Å². The van der Waals surface area contributed by atoms with Gasteiger partial charge in [0.15, 0.2) is 11.5 Å². The number of rotatable bonds is 6. The molecule has 1 aliphatic rings. The summed E-state index contributed by atoms with van der Waals surface area (Å²) in [5, 5.41) is 11.7. The number of hydrogen-bond acceptors (Lipinski definition) is 5. The molecule has 1 fully saturated rings. The molecule has 1 heterocycles. The summed E-state index contributed by atoms with van der Waals surface area (Å²) in [5.41, 5.74) is 0.684. The molecule has 0 radical (unpaired) electrons. The third-order valence-electron chi connectivity index (χ3n) is 5.01. The minimum absolute atomic E-state index is 0.0302. The van der Waals surface area contributed by atoms with Crippen molar-refractivity contribution in [3.05, 3.63) is 63.7 Å². The van der Waals surface area contributed by atoms with E-state index in [1.165, 1.54) is 19.2 Å². The van der Waals surface area contributed by atoms with Crippen molar-refractivity contribution in [3.63, 3.8) is 0 Å². The number of likely N-dealkylation sites (tertiary alicyclic amines) is 1. The van der Waals surface area contributed by atoms with Crippen LogP contribution in [0.15, 0.2) is 42.5 Å². The Kier molecular flexibility index (Phi) is 6.13. The molecule has 7 nitrogen and oxygen atoms in total. The van der Waals surface area contributed by atoms with Gasteiger partial charge >= 0.3 is 0 Å². The van der Waals surface area contributed by atoms with Crippen LogP contribution in [0.3, 0.4) is 0 Å². The molecule has 2 aromatic carbocycles. The van der Waals surface area contributed by atoms with E-state index in [0.717, 1.165) is 24.8 Å². The number of hydrogen-bond donors (Lipinski definition) is 0. The van der Waals surface area contributed by atoms with Crippen LogP contribution in [0.25, 0.3) is 0 Å². The highest BCUT2D eigenvalue weighted by Gasteiger charge is 2.31. The Balaban J connectivity index is 1.92. The van der Waals surface area contributed by atoms with Gasteiger partial charge < -0.3 is 14.4 Å². The molecule has 1 amide bonds. The van der Waals surface area contributed by atoms with Crippen LogP contribution >= 0.6 is 0 Å². The van der Waals surface area contributed by atoms with Crippen LogP contribution in [0.5, 0.6) is 11.5 Å². The lowest BCUT2D eigenvalue weighted by molar-refractivity contribution is -0.385. The number of nitrogens with zero attached hydrogens (tertiary/aromatic N) is 2. The summed E-state index contributed by atoms with van der Waals surface area (Å²) in [6.07, 6.45) is 2.86. The topological polar surface area (TPSA) is 81.9 Å². The first-order chi connectivity index (χ1) is 13.5. The van der Waals surface area contributed by atoms with Gasteiger partial charge in [0, 0.05) is 18.7 Å². The number of nitro benzene ring substituents is 1. The Bertz CT molecular complexity index is 853. The number of methoxy groups -OCH3 is 1. The average molecular weight is 384 g/mol. The number of ether oxygens (including phenoxy) is 2. The molecule has 1 saturated heterocycles. The van der Waals surface area contributed by atoms with Gasteiger partial charge in [-0.05, 0) is 31.7 Å². The highest BCUT2D eigenvalue weighted by atomic mass is 16.6. The fourth-order valence-corrected chi connectivity index (χ4v) is 3.43. The number of carbonyl (C=O) groups excluding carboxylic acids is 1. The SMILES string of the molecule is COc1cc(C(=O)N2CCCC[C@H]2C)c([N+](=O)[O-])cc1OCc1ccccc1. The lowest BCUT2D eigenvalue weighted by Gasteiger charge is -2.33. The second-order valence-electron chi connectivity index (χ2n) is 6.89. The zero-order chi connectivity index (χ0) is 20.1. The monoisotopic (exact) mass is 384 g/mol. The van der Waals surface area contributed by atoms with Crippen molar-refractivity contribution in [1.82, 2.24) is 4.90 Å². The van der Waals surface area contributed by atoms with Crippen LogP contribution in [0.1, 0.15) is 42.1 Å². The fourth-order valence-electron chi connectivity index (χ4n) is 3.43. The summed E-state index contributed by atoms with van der Waals surface area (Å²) in [6, 6.07) is 12.2. The predicted molar refractivity (Wildman–Crippen MR) is 105 cm³/mol. The standard InChI is InChI=1S/C21H24N2O5/c1-15-8-6-7-11-22(15)21(24)17-12-19(27-2)20(13-18(17)23(25)26)28-14-16-9-4-3-5-10-16/h3-5,9-10,12-13,15H,6-8,11,14H2,1-2H3/t15-/m1/s1. The Hall–Kier alpha value is -3.09. The summed E-state index contributed by atoms with van der Waals surface area (Å²) in [5.74, 6) is 0.197. The largest absolute Gasteiger partial charge is 0.493 e. The predicted octanol–water partition coefficient (Wildman–Crippen LogP) is 4.20. The molecule has 0 N–H and O–H groups in total. The van der Waals surface area contributed by atoms with Crippen molar-refractivity contribution in [3.8, 4) is 11.5 Å². The summed E-state index contributed by atoms with van der Waals surface area (Å²) >= 11 is 0. The highest BCUT2D eigenvalue weighted by Crippen LogP contribution is 2.36. The van der Waals surface area contributed by atoms with E-state index in [1.54, 1.807) is 4.90 Å². The van der Waals surface area contributed by atoms with E-state index < -0.39 is 4.92 Å². The van der Waals surface area contributed by atoms with Crippen LogP contribution in [0, 0.1) is 10.1 Å². The van der Waals surface area contributed by atoms with E-state index in [4.69, 9.17) is 9.47 Å². The van der Waals surface area contributed by atoms with E-state index in [0.29, 0.717) is 12.3 Å². The van der Waals surface area contributed by atoms with Crippen molar-refractivity contribution >= 4 is 11.6 Å². The fraction of sp³-hybridized carbons (Fsp3) is 0.381. The second-order valence-corrected chi connectivity index (χ2v) is 6.89. The lowest BCUT2D eigenvalue weighted by atomic mass is 10.0. The minimum Gasteiger partial charge on any atom is -0.493 e. The van der Waals surface area contributed by atoms with Gasteiger partial charge in [-0.15, -0.1) is 0 Å². The average Bonchev–Trinajstić information content (AvgIpc) is 2.72. The molecule has 0 aromatic heterocycles. The zero-order valence-electron chi connectivity index (χ0n) is 16.1. The zero-order valence-corrected chi connectivity index (χ0v) is 16.1. The van der Waals surface area contributed by atoms with Gasteiger partial charge in [0.1, 0.15) is 12.2 Å². The number of amides is 1. The van der Waals surface area contributed by atoms with E-state index in [9.17, 15) is 14.9 Å². The molecule has 148 valence electrons. The Morgan fingerprint density at radius 3 is 2.61 bits per heavy atom. The Morgan fingerprint density at radius 2 is 1.96 bits per heavy atom. The quantitative estimate of drug-likeness (QED) is 0.551. The van der Waals surface area contributed by atoms with Crippen molar-refractivity contribution in [1.29, 1.82) is 0 Å². The molecule has 0 saturated carbocycles. The molecule has 0 unspecified atom stereocenters. The third kappa shape index (κ3) is 4.24. The highest BCUT2D eigenvalue weighted by molar-refractivity contribution is 5.99. The normalized spacial score (nSPS) is 16.5. The van der Waals surface area contributed by atoms with Gasteiger partial charge in [-0.3, -0.25) is 14.9 Å². The summed E-state index contributed by atoms with van der Waals surface area (Å²) in [6.45, 7) is 2.81. The molecule has 1 atom stereocenters. The van der Waals surface area contributed by atoms with E-state index in [1.807, 2.05) is 37.3 Å². The molecule has 7 heteroatoms. The molecule has 3 rings (SSSR count). The smallest absolute Gasteiger partial charge is 0.286 e. The minimum atomic E-state index is -0.545. The molecule has 0 aliphatic carbocycles.